The van der Waals surface area contributed by atoms with E-state index in [9.17, 15) is 8.42 Å². The number of benzene rings is 1. The van der Waals surface area contributed by atoms with Gasteiger partial charge in [-0.3, -0.25) is 0 Å². The van der Waals surface area contributed by atoms with E-state index in [0.29, 0.717) is 23.6 Å². The molecule has 1 saturated heterocycles. The first-order chi connectivity index (χ1) is 9.44. The average Bonchev–Trinajstić information content (AvgIpc) is 2.39. The van der Waals surface area contributed by atoms with Gasteiger partial charge in [-0.1, -0.05) is 29.8 Å². The summed E-state index contributed by atoms with van der Waals surface area (Å²) in [6.07, 6.45) is 3.68. The monoisotopic (exact) mass is 295 g/mol. The van der Waals surface area contributed by atoms with E-state index in [-0.39, 0.29) is 0 Å². The number of sulfone groups is 1. The number of hydrogen-bond acceptors (Lipinski definition) is 3. The van der Waals surface area contributed by atoms with Crippen LogP contribution in [0.3, 0.4) is 0 Å². The van der Waals surface area contributed by atoms with Crippen LogP contribution in [0.1, 0.15) is 37.3 Å². The second-order valence-electron chi connectivity index (χ2n) is 6.02. The molecule has 1 heterocycles. The minimum Gasteiger partial charge on any atom is -0.311 e. The molecule has 0 radical (unpaired) electrons. The van der Waals surface area contributed by atoms with Gasteiger partial charge in [-0.2, -0.15) is 0 Å². The lowest BCUT2D eigenvalue weighted by atomic mass is 10.0. The van der Waals surface area contributed by atoms with Crippen LogP contribution in [-0.4, -0.2) is 32.0 Å². The van der Waals surface area contributed by atoms with E-state index in [4.69, 9.17) is 0 Å². The third-order valence-electron chi connectivity index (χ3n) is 4.02. The Bertz CT molecular complexity index is 525. The van der Waals surface area contributed by atoms with Crippen LogP contribution in [0.4, 0.5) is 0 Å². The van der Waals surface area contributed by atoms with Gasteiger partial charge in [0.2, 0.25) is 0 Å². The second kappa shape index (κ2) is 6.72. The normalized spacial score (nSPS) is 20.7. The van der Waals surface area contributed by atoms with E-state index in [1.807, 2.05) is 0 Å². The minimum atomic E-state index is -2.75. The van der Waals surface area contributed by atoms with Crippen LogP contribution >= 0.6 is 0 Å². The fourth-order valence-corrected chi connectivity index (χ4v) is 4.28. The van der Waals surface area contributed by atoms with Crippen LogP contribution in [0.25, 0.3) is 0 Å². The summed E-state index contributed by atoms with van der Waals surface area (Å²) < 4.78 is 22.8. The Morgan fingerprint density at radius 3 is 2.65 bits per heavy atom. The van der Waals surface area contributed by atoms with Gasteiger partial charge in [0.15, 0.2) is 0 Å². The van der Waals surface area contributed by atoms with E-state index in [1.165, 1.54) is 11.1 Å². The summed E-state index contributed by atoms with van der Waals surface area (Å²) >= 11 is 0. The molecule has 0 spiro atoms. The van der Waals surface area contributed by atoms with Gasteiger partial charge in [-0.25, -0.2) is 8.42 Å². The maximum Gasteiger partial charge on any atom is 0.150 e. The molecule has 4 heteroatoms. The SMILES string of the molecule is Cc1cccc(CCC(C)NC2CCS(=O)(=O)CC2)c1. The maximum atomic E-state index is 11.4. The van der Waals surface area contributed by atoms with Crippen molar-refractivity contribution in [2.45, 2.75) is 51.6 Å². The van der Waals surface area contributed by atoms with Crippen molar-refractivity contribution in [3.63, 3.8) is 0 Å². The molecule has 1 aromatic rings. The number of aryl methyl sites for hydroxylation is 2. The molecule has 3 nitrogen and oxygen atoms in total. The fourth-order valence-electron chi connectivity index (χ4n) is 2.79. The summed E-state index contributed by atoms with van der Waals surface area (Å²) in [6, 6.07) is 9.43. The summed E-state index contributed by atoms with van der Waals surface area (Å²) in [6.45, 7) is 4.31. The minimum absolute atomic E-state index is 0.343. The smallest absolute Gasteiger partial charge is 0.150 e. The lowest BCUT2D eigenvalue weighted by molar-refractivity contribution is 0.400. The van der Waals surface area contributed by atoms with E-state index >= 15 is 0 Å². The van der Waals surface area contributed by atoms with Crippen molar-refractivity contribution in [3.05, 3.63) is 35.4 Å². The number of hydrogen-bond donors (Lipinski definition) is 1. The molecule has 1 unspecified atom stereocenters. The Kier molecular flexibility index (Phi) is 5.22. The summed E-state index contributed by atoms with van der Waals surface area (Å²) in [5.41, 5.74) is 2.69. The molecule has 0 bridgehead atoms. The Morgan fingerprint density at radius 1 is 1.30 bits per heavy atom. The van der Waals surface area contributed by atoms with Gasteiger partial charge < -0.3 is 5.32 Å². The van der Waals surface area contributed by atoms with Crippen LogP contribution in [-0.2, 0) is 16.3 Å². The van der Waals surface area contributed by atoms with Crippen LogP contribution in [0.2, 0.25) is 0 Å². The highest BCUT2D eigenvalue weighted by Gasteiger charge is 2.24. The molecular weight excluding hydrogens is 270 g/mol. The maximum absolute atomic E-state index is 11.4. The third-order valence-corrected chi connectivity index (χ3v) is 5.74. The van der Waals surface area contributed by atoms with Gasteiger partial charge in [0.25, 0.3) is 0 Å². The molecule has 1 aromatic carbocycles. The first-order valence-corrected chi connectivity index (χ1v) is 9.29. The van der Waals surface area contributed by atoms with Crippen molar-refractivity contribution in [1.29, 1.82) is 0 Å². The van der Waals surface area contributed by atoms with Gasteiger partial charge >= 0.3 is 0 Å². The molecule has 0 aromatic heterocycles. The first-order valence-electron chi connectivity index (χ1n) is 7.47. The Balaban J connectivity index is 1.74. The van der Waals surface area contributed by atoms with Gasteiger partial charge in [0.1, 0.15) is 9.84 Å². The summed E-state index contributed by atoms with van der Waals surface area (Å²) in [5.74, 6) is 0.685. The van der Waals surface area contributed by atoms with Crippen molar-refractivity contribution in [2.24, 2.45) is 0 Å². The van der Waals surface area contributed by atoms with Crippen molar-refractivity contribution in [3.8, 4) is 0 Å². The van der Waals surface area contributed by atoms with Crippen LogP contribution < -0.4 is 5.32 Å². The average molecular weight is 295 g/mol. The van der Waals surface area contributed by atoms with Crippen molar-refractivity contribution in [1.82, 2.24) is 5.32 Å². The zero-order valence-corrected chi connectivity index (χ0v) is 13.2. The zero-order chi connectivity index (χ0) is 14.6. The highest BCUT2D eigenvalue weighted by molar-refractivity contribution is 7.91. The molecule has 1 N–H and O–H groups in total. The third kappa shape index (κ3) is 4.91. The fraction of sp³-hybridized carbons (Fsp3) is 0.625. The summed E-state index contributed by atoms with van der Waals surface area (Å²) in [5, 5.41) is 3.58. The standard InChI is InChI=1S/C16H25NO2S/c1-13-4-3-5-15(12-13)7-6-14(2)17-16-8-10-20(18,19)11-9-16/h3-5,12,14,16-17H,6-11H2,1-2H3. The topological polar surface area (TPSA) is 46.2 Å². The molecule has 0 amide bonds. The van der Waals surface area contributed by atoms with Gasteiger partial charge in [-0.15, -0.1) is 0 Å². The van der Waals surface area contributed by atoms with Crippen LogP contribution in [0.15, 0.2) is 24.3 Å². The largest absolute Gasteiger partial charge is 0.311 e. The molecule has 1 aliphatic rings. The summed E-state index contributed by atoms with van der Waals surface area (Å²) in [7, 11) is -2.75. The number of rotatable bonds is 5. The lowest BCUT2D eigenvalue weighted by Gasteiger charge is -2.26. The highest BCUT2D eigenvalue weighted by Crippen LogP contribution is 2.14. The lowest BCUT2D eigenvalue weighted by Crippen LogP contribution is -2.42. The molecule has 112 valence electrons. The zero-order valence-electron chi connectivity index (χ0n) is 12.4. The predicted octanol–water partition coefficient (Wildman–Crippen LogP) is 2.48. The van der Waals surface area contributed by atoms with Gasteiger partial charge in [-0.05, 0) is 45.1 Å². The van der Waals surface area contributed by atoms with Crippen LogP contribution in [0, 0.1) is 6.92 Å². The molecular formula is C16H25NO2S. The van der Waals surface area contributed by atoms with E-state index in [0.717, 1.165) is 25.7 Å². The van der Waals surface area contributed by atoms with Crippen LogP contribution in [0.5, 0.6) is 0 Å². The van der Waals surface area contributed by atoms with E-state index in [1.54, 1.807) is 0 Å². The number of nitrogens with one attached hydrogen (secondary N) is 1. The Hall–Kier alpha value is -0.870. The van der Waals surface area contributed by atoms with Gasteiger partial charge in [0.05, 0.1) is 11.5 Å². The second-order valence-corrected chi connectivity index (χ2v) is 8.33. The molecule has 1 aliphatic heterocycles. The first kappa shape index (κ1) is 15.5. The predicted molar refractivity (Wildman–Crippen MR) is 83.8 cm³/mol. The van der Waals surface area contributed by atoms with E-state index in [2.05, 4.69) is 43.4 Å². The molecule has 20 heavy (non-hydrogen) atoms. The van der Waals surface area contributed by atoms with E-state index < -0.39 is 9.84 Å². The Labute approximate surface area is 122 Å². The van der Waals surface area contributed by atoms with Gasteiger partial charge in [0, 0.05) is 12.1 Å². The molecule has 1 atom stereocenters. The van der Waals surface area contributed by atoms with Crippen molar-refractivity contribution in [2.75, 3.05) is 11.5 Å². The van der Waals surface area contributed by atoms with Crippen molar-refractivity contribution >= 4 is 9.84 Å². The molecule has 0 aliphatic carbocycles. The van der Waals surface area contributed by atoms with Crippen molar-refractivity contribution < 1.29 is 8.42 Å². The molecule has 0 saturated carbocycles. The quantitative estimate of drug-likeness (QED) is 0.908. The molecule has 2 rings (SSSR count). The Morgan fingerprint density at radius 2 is 2.00 bits per heavy atom. The summed E-state index contributed by atoms with van der Waals surface area (Å²) in [4.78, 5) is 0. The molecule has 1 fully saturated rings. The highest BCUT2D eigenvalue weighted by atomic mass is 32.2.